The van der Waals surface area contributed by atoms with Crippen LogP contribution in [0.2, 0.25) is 0 Å². The zero-order chi connectivity index (χ0) is 27.0. The van der Waals surface area contributed by atoms with Crippen molar-refractivity contribution in [3.05, 3.63) is 47.8 Å². The molecule has 11 heteroatoms. The van der Waals surface area contributed by atoms with Gasteiger partial charge in [0.25, 0.3) is 0 Å². The molecule has 1 aromatic carbocycles. The number of nitrogen functional groups attached to an aromatic ring is 1. The number of pyridine rings is 1. The first-order valence-electron chi connectivity index (χ1n) is 12.3. The normalized spacial score (nSPS) is 12.6. The fourth-order valence-electron chi connectivity index (χ4n) is 4.45. The summed E-state index contributed by atoms with van der Waals surface area (Å²) in [7, 11) is 2.02. The number of fused-ring (bicyclic) bond motifs is 2. The number of hydrogen-bond acceptors (Lipinski definition) is 9. The van der Waals surface area contributed by atoms with E-state index in [1.165, 1.54) is 5.39 Å². The number of hydrogen-bond donors (Lipinski definition) is 3. The first-order valence-corrected chi connectivity index (χ1v) is 12.3. The van der Waals surface area contributed by atoms with Crippen molar-refractivity contribution in [3.8, 4) is 29.2 Å². The quantitative estimate of drug-likeness (QED) is 0.278. The minimum absolute atomic E-state index is 0.128. The van der Waals surface area contributed by atoms with Gasteiger partial charge in [0.1, 0.15) is 23.4 Å². The number of rotatable bonds is 7. The molecule has 4 aromatic heterocycles. The highest BCUT2D eigenvalue weighted by Crippen LogP contribution is 2.30. The minimum atomic E-state index is -1.22. The number of aromatic nitrogens is 6. The molecule has 5 N–H and O–H groups in total. The molecule has 11 nitrogen and oxygen atoms in total. The standard InChI is InChI=1S/C27H30N8O3/c1-5-35-21-13-22(37-15-17(28)12-16-14-34(4)20-9-7-6-8-18(16)20)30-19(10-11-27(2,3)36)23(21)31-26(35)24-25(29)33-38-32-24/h6-9,13-14,17,36H,5,12,15,28H2,1-4H3,(H2,29,33)/t17-/m1/s1. The second kappa shape index (κ2) is 9.81. The summed E-state index contributed by atoms with van der Waals surface area (Å²) < 4.78 is 14.9. The van der Waals surface area contributed by atoms with E-state index in [4.69, 9.17) is 25.8 Å². The molecule has 5 rings (SSSR count). The molecule has 0 radical (unpaired) electrons. The van der Waals surface area contributed by atoms with Gasteiger partial charge in [-0.2, -0.15) is 0 Å². The molecular formula is C27H30N8O3. The fourth-order valence-corrected chi connectivity index (χ4v) is 4.45. The maximum atomic E-state index is 10.2. The van der Waals surface area contributed by atoms with E-state index in [0.717, 1.165) is 16.6 Å². The molecule has 0 aliphatic heterocycles. The van der Waals surface area contributed by atoms with Gasteiger partial charge in [0.2, 0.25) is 5.88 Å². The molecule has 38 heavy (non-hydrogen) atoms. The Kier molecular flexibility index (Phi) is 6.52. The van der Waals surface area contributed by atoms with E-state index < -0.39 is 5.60 Å². The zero-order valence-electron chi connectivity index (χ0n) is 21.8. The van der Waals surface area contributed by atoms with Crippen LogP contribution in [0.1, 0.15) is 32.0 Å². The third kappa shape index (κ3) is 4.91. The number of nitrogens with two attached hydrogens (primary N) is 2. The smallest absolute Gasteiger partial charge is 0.216 e. The number of para-hydroxylation sites is 1. The van der Waals surface area contributed by atoms with E-state index in [-0.39, 0.29) is 18.5 Å². The lowest BCUT2D eigenvalue weighted by molar-refractivity contribution is 0.143. The number of aliphatic hydroxyl groups is 1. The average Bonchev–Trinajstić information content (AvgIpc) is 3.56. The molecular weight excluding hydrogens is 484 g/mol. The van der Waals surface area contributed by atoms with Crippen LogP contribution < -0.4 is 16.2 Å². The minimum Gasteiger partial charge on any atom is -0.476 e. The van der Waals surface area contributed by atoms with Crippen LogP contribution in [0.3, 0.4) is 0 Å². The van der Waals surface area contributed by atoms with Crippen molar-refractivity contribution in [1.82, 2.24) is 29.4 Å². The van der Waals surface area contributed by atoms with Gasteiger partial charge in [0, 0.05) is 42.8 Å². The van der Waals surface area contributed by atoms with Crippen LogP contribution in [0.15, 0.2) is 41.2 Å². The summed E-state index contributed by atoms with van der Waals surface area (Å²) >= 11 is 0. The third-order valence-electron chi connectivity index (χ3n) is 6.15. The third-order valence-corrected chi connectivity index (χ3v) is 6.15. The molecule has 0 saturated carbocycles. The molecule has 4 heterocycles. The van der Waals surface area contributed by atoms with E-state index in [0.29, 0.717) is 41.6 Å². The van der Waals surface area contributed by atoms with Crippen LogP contribution in [0.4, 0.5) is 5.82 Å². The number of nitrogens with zero attached hydrogens (tertiary/aromatic N) is 6. The Labute approximate surface area is 219 Å². The Morgan fingerprint density at radius 2 is 1.97 bits per heavy atom. The molecule has 0 aliphatic carbocycles. The van der Waals surface area contributed by atoms with Crippen LogP contribution in [0.5, 0.6) is 5.88 Å². The highest BCUT2D eigenvalue weighted by atomic mass is 16.6. The Balaban J connectivity index is 1.48. The van der Waals surface area contributed by atoms with Crippen LogP contribution in [0, 0.1) is 11.8 Å². The van der Waals surface area contributed by atoms with Gasteiger partial charge in [-0.1, -0.05) is 24.1 Å². The Morgan fingerprint density at radius 1 is 1.18 bits per heavy atom. The molecule has 0 unspecified atom stereocenters. The van der Waals surface area contributed by atoms with Gasteiger partial charge in [0.05, 0.1) is 5.52 Å². The van der Waals surface area contributed by atoms with Crippen molar-refractivity contribution in [3.63, 3.8) is 0 Å². The van der Waals surface area contributed by atoms with E-state index in [9.17, 15) is 5.11 Å². The highest BCUT2D eigenvalue weighted by Gasteiger charge is 2.22. The number of benzene rings is 1. The Bertz CT molecular complexity index is 1680. The number of imidazole rings is 1. The molecule has 0 bridgehead atoms. The Hall–Kier alpha value is -4.40. The summed E-state index contributed by atoms with van der Waals surface area (Å²) in [6.45, 7) is 5.97. The lowest BCUT2D eigenvalue weighted by Crippen LogP contribution is -2.30. The van der Waals surface area contributed by atoms with Crippen molar-refractivity contribution in [1.29, 1.82) is 0 Å². The summed E-state index contributed by atoms with van der Waals surface area (Å²) in [6.07, 6.45) is 2.75. The van der Waals surface area contributed by atoms with Gasteiger partial charge >= 0.3 is 0 Å². The van der Waals surface area contributed by atoms with E-state index in [1.807, 2.05) is 30.7 Å². The van der Waals surface area contributed by atoms with Gasteiger partial charge in [-0.3, -0.25) is 0 Å². The van der Waals surface area contributed by atoms with Gasteiger partial charge in [-0.05, 0) is 55.1 Å². The maximum Gasteiger partial charge on any atom is 0.216 e. The van der Waals surface area contributed by atoms with Crippen LogP contribution in [-0.2, 0) is 20.0 Å². The van der Waals surface area contributed by atoms with Gasteiger partial charge in [-0.15, -0.1) is 0 Å². The predicted octanol–water partition coefficient (Wildman–Crippen LogP) is 2.65. The summed E-state index contributed by atoms with van der Waals surface area (Å²) in [5.74, 6) is 6.70. The monoisotopic (exact) mass is 514 g/mol. The highest BCUT2D eigenvalue weighted by molar-refractivity contribution is 5.86. The topological polar surface area (TPSA) is 156 Å². The molecule has 0 fully saturated rings. The van der Waals surface area contributed by atoms with Crippen molar-refractivity contribution in [2.24, 2.45) is 12.8 Å². The molecule has 5 aromatic rings. The Morgan fingerprint density at radius 3 is 2.68 bits per heavy atom. The average molecular weight is 515 g/mol. The molecule has 0 aliphatic rings. The van der Waals surface area contributed by atoms with Crippen molar-refractivity contribution < 1.29 is 14.5 Å². The second-order valence-electron chi connectivity index (χ2n) is 9.72. The van der Waals surface area contributed by atoms with Gasteiger partial charge in [0.15, 0.2) is 17.3 Å². The van der Waals surface area contributed by atoms with E-state index in [2.05, 4.69) is 50.0 Å². The lowest BCUT2D eigenvalue weighted by atomic mass is 10.1. The SMILES string of the molecule is CCn1c(-c2nonc2N)nc2c(C#CC(C)(C)O)nc(OC[C@H](N)Cc3cn(C)c4ccccc34)cc21. The molecule has 0 spiro atoms. The number of aryl methyl sites for hydroxylation is 2. The van der Waals surface area contributed by atoms with Crippen LogP contribution >= 0.6 is 0 Å². The van der Waals surface area contributed by atoms with E-state index >= 15 is 0 Å². The summed E-state index contributed by atoms with van der Waals surface area (Å²) in [5.41, 5.74) is 15.4. The zero-order valence-corrected chi connectivity index (χ0v) is 21.8. The molecule has 0 amide bonds. The van der Waals surface area contributed by atoms with Crippen molar-refractivity contribution in [2.75, 3.05) is 12.3 Å². The number of anilines is 1. The van der Waals surface area contributed by atoms with Crippen molar-refractivity contribution in [2.45, 2.75) is 45.4 Å². The lowest BCUT2D eigenvalue weighted by Gasteiger charge is -2.13. The second-order valence-corrected chi connectivity index (χ2v) is 9.72. The number of ether oxygens (including phenoxy) is 1. The summed E-state index contributed by atoms with van der Waals surface area (Å²) in [5, 5.41) is 18.9. The van der Waals surface area contributed by atoms with Crippen LogP contribution in [0.25, 0.3) is 33.5 Å². The fraction of sp³-hybridized carbons (Fsp3) is 0.333. The van der Waals surface area contributed by atoms with Gasteiger partial charge in [-0.25, -0.2) is 14.6 Å². The first kappa shape index (κ1) is 25.3. The van der Waals surface area contributed by atoms with Gasteiger partial charge < -0.3 is 30.4 Å². The largest absolute Gasteiger partial charge is 0.476 e. The van der Waals surface area contributed by atoms with Crippen LogP contribution in [-0.4, -0.2) is 52.8 Å². The molecule has 0 saturated heterocycles. The molecule has 1 atom stereocenters. The summed E-state index contributed by atoms with van der Waals surface area (Å²) in [6, 6.07) is 9.76. The molecule has 196 valence electrons. The predicted molar refractivity (Wildman–Crippen MR) is 144 cm³/mol. The van der Waals surface area contributed by atoms with E-state index in [1.54, 1.807) is 19.9 Å². The first-order chi connectivity index (χ1) is 18.1. The van der Waals surface area contributed by atoms with Crippen molar-refractivity contribution >= 4 is 27.8 Å². The maximum absolute atomic E-state index is 10.2. The summed E-state index contributed by atoms with van der Waals surface area (Å²) in [4.78, 5) is 9.30.